The lowest BCUT2D eigenvalue weighted by atomic mass is 9.73. The first-order chi connectivity index (χ1) is 19.1. The van der Waals surface area contributed by atoms with Crippen molar-refractivity contribution in [1.29, 1.82) is 0 Å². The topological polar surface area (TPSA) is 133 Å². The summed E-state index contributed by atoms with van der Waals surface area (Å²) in [5.74, 6) is 2.13. The monoisotopic (exact) mass is 595 g/mol. The van der Waals surface area contributed by atoms with Crippen LogP contribution in [0.1, 0.15) is 44.6 Å². The van der Waals surface area contributed by atoms with E-state index in [1.165, 1.54) is 17.3 Å². The fourth-order valence-corrected chi connectivity index (χ4v) is 6.96. The van der Waals surface area contributed by atoms with Crippen LogP contribution in [0.15, 0.2) is 64.8 Å². The molecule has 1 saturated heterocycles. The number of benzene rings is 1. The number of fused-ring (bicyclic) bond motifs is 2. The number of halogens is 1. The van der Waals surface area contributed by atoms with Crippen molar-refractivity contribution in [3.8, 4) is 5.75 Å². The van der Waals surface area contributed by atoms with E-state index in [0.29, 0.717) is 17.1 Å². The summed E-state index contributed by atoms with van der Waals surface area (Å²) in [7, 11) is -1.44. The number of rotatable bonds is 6. The Morgan fingerprint density at radius 3 is 2.70 bits per heavy atom. The van der Waals surface area contributed by atoms with Gasteiger partial charge in [-0.05, 0) is 44.5 Å². The number of hydrogen-bond acceptors (Lipinski definition) is 9. The molecule has 4 N–H and O–H groups in total. The normalized spacial score (nSPS) is 19.0. The molecule has 1 aromatic carbocycles. The summed E-state index contributed by atoms with van der Waals surface area (Å²) in [4.78, 5) is 21.2. The molecule has 40 heavy (non-hydrogen) atoms. The molecule has 0 saturated carbocycles. The summed E-state index contributed by atoms with van der Waals surface area (Å²) >= 11 is 7.70. The molecule has 2 aliphatic rings. The quantitative estimate of drug-likeness (QED) is 0.312. The molecule has 5 heterocycles. The van der Waals surface area contributed by atoms with Crippen LogP contribution in [0, 0.1) is 0 Å². The number of nitrogen functional groups attached to an aromatic ring is 1. The van der Waals surface area contributed by atoms with Crippen molar-refractivity contribution in [2.75, 3.05) is 23.7 Å². The molecule has 1 unspecified atom stereocenters. The van der Waals surface area contributed by atoms with Crippen LogP contribution in [0.5, 0.6) is 5.75 Å². The Morgan fingerprint density at radius 1 is 1.15 bits per heavy atom. The van der Waals surface area contributed by atoms with Crippen molar-refractivity contribution in [1.82, 2.24) is 19.9 Å². The van der Waals surface area contributed by atoms with E-state index < -0.39 is 15.7 Å². The van der Waals surface area contributed by atoms with Gasteiger partial charge in [-0.1, -0.05) is 41.6 Å². The number of piperidine rings is 1. The summed E-state index contributed by atoms with van der Waals surface area (Å²) in [5.41, 5.74) is 7.92. The number of hydrogen-bond donors (Lipinski definition) is 2. The van der Waals surface area contributed by atoms with Crippen molar-refractivity contribution in [2.45, 2.75) is 59.3 Å². The van der Waals surface area contributed by atoms with Crippen LogP contribution in [0.4, 0.5) is 11.6 Å². The first-order valence-corrected chi connectivity index (χ1v) is 15.5. The van der Waals surface area contributed by atoms with Gasteiger partial charge < -0.3 is 15.4 Å². The Bertz CT molecular complexity index is 1610. The van der Waals surface area contributed by atoms with Gasteiger partial charge in [0.15, 0.2) is 5.65 Å². The summed E-state index contributed by atoms with van der Waals surface area (Å²) in [6.07, 6.45) is 5.71. The first kappa shape index (κ1) is 27.2. The van der Waals surface area contributed by atoms with Crippen LogP contribution < -0.4 is 20.5 Å². The van der Waals surface area contributed by atoms with E-state index in [4.69, 9.17) is 32.2 Å². The average molecular weight is 596 g/mol. The number of pyridine rings is 2. The van der Waals surface area contributed by atoms with Crippen LogP contribution in [-0.2, 0) is 11.0 Å². The number of anilines is 2. The minimum atomic E-state index is -1.44. The van der Waals surface area contributed by atoms with Crippen molar-refractivity contribution in [3.63, 3.8) is 0 Å². The van der Waals surface area contributed by atoms with Gasteiger partial charge in [-0.2, -0.15) is 0 Å². The number of nitrogens with two attached hydrogens (primary N) is 2. The van der Waals surface area contributed by atoms with Gasteiger partial charge in [-0.15, -0.1) is 0 Å². The van der Waals surface area contributed by atoms with E-state index in [9.17, 15) is 4.21 Å². The maximum atomic E-state index is 12.3. The van der Waals surface area contributed by atoms with Crippen LogP contribution in [0.2, 0.25) is 5.02 Å². The summed E-state index contributed by atoms with van der Waals surface area (Å²) in [6.45, 7) is 5.47. The van der Waals surface area contributed by atoms with Gasteiger partial charge in [0.2, 0.25) is 0 Å². The van der Waals surface area contributed by atoms with E-state index in [2.05, 4.69) is 25.9 Å². The lowest BCUT2D eigenvalue weighted by Crippen LogP contribution is -2.51. The molecule has 0 radical (unpaired) electrons. The second-order valence-electron chi connectivity index (χ2n) is 10.8. The largest absolute Gasteiger partial charge is 0.486 e. The van der Waals surface area contributed by atoms with E-state index in [0.717, 1.165) is 52.9 Å². The fourth-order valence-electron chi connectivity index (χ4n) is 5.59. The van der Waals surface area contributed by atoms with Gasteiger partial charge in [0.25, 0.3) is 0 Å². The minimum absolute atomic E-state index is 0.111. The number of para-hydroxylation sites is 1. The smallest absolute Gasteiger partial charge is 0.179 e. The third kappa shape index (κ3) is 5.00. The van der Waals surface area contributed by atoms with Crippen LogP contribution in [-0.4, -0.2) is 47.6 Å². The lowest BCUT2D eigenvalue weighted by molar-refractivity contribution is 0.0365. The third-order valence-electron chi connectivity index (χ3n) is 7.88. The SMILES string of the molecule is CC(C)(C[C@@H]1c2ccccc2OC12CCN(c1cnc3nc(Sc4ccnc(N)c4Cl)ccc3n1)CC2)S(N)=O. The predicted molar refractivity (Wildman–Crippen MR) is 160 cm³/mol. The van der Waals surface area contributed by atoms with Crippen molar-refractivity contribution >= 4 is 57.1 Å². The van der Waals surface area contributed by atoms with E-state index in [1.54, 1.807) is 18.5 Å². The maximum Gasteiger partial charge on any atom is 0.179 e. The molecular formula is C28H30ClN7O2S2. The van der Waals surface area contributed by atoms with Gasteiger partial charge >= 0.3 is 0 Å². The number of aromatic nitrogens is 4. The highest BCUT2D eigenvalue weighted by atomic mass is 35.5. The van der Waals surface area contributed by atoms with Gasteiger partial charge in [0.05, 0.1) is 27.0 Å². The van der Waals surface area contributed by atoms with Crippen molar-refractivity contribution in [2.24, 2.45) is 5.14 Å². The highest BCUT2D eigenvalue weighted by Crippen LogP contribution is 2.53. The van der Waals surface area contributed by atoms with Gasteiger partial charge in [-0.25, -0.2) is 24.1 Å². The molecule has 0 amide bonds. The molecule has 1 spiro atoms. The van der Waals surface area contributed by atoms with Gasteiger partial charge in [0.1, 0.15) is 33.5 Å². The zero-order valence-corrected chi connectivity index (χ0v) is 24.6. The zero-order valence-electron chi connectivity index (χ0n) is 22.2. The molecule has 2 aliphatic heterocycles. The van der Waals surface area contributed by atoms with Crippen molar-refractivity contribution in [3.05, 3.63) is 65.4 Å². The number of nitrogens with zero attached hydrogens (tertiary/aromatic N) is 5. The zero-order chi connectivity index (χ0) is 28.1. The highest BCUT2D eigenvalue weighted by molar-refractivity contribution is 7.99. The molecule has 6 rings (SSSR count). The number of ether oxygens (including phenoxy) is 1. The standard InChI is InChI=1S/C28H30ClN7O2S2/c1-27(2,40(31)37)15-18-17-5-3-4-6-20(17)38-28(18)10-13-36(14-11-28)22-16-33-26-19(34-22)7-8-23(35-26)39-21-9-12-32-25(30)24(21)29/h3-9,12,16,18H,10-11,13-15,31H2,1-2H3,(H2,30,32)/t18-,40?/m1/s1. The van der Waals surface area contributed by atoms with Crippen molar-refractivity contribution < 1.29 is 8.95 Å². The predicted octanol–water partition coefficient (Wildman–Crippen LogP) is 5.11. The molecule has 208 valence electrons. The first-order valence-electron chi connectivity index (χ1n) is 13.1. The Labute approximate surface area is 244 Å². The lowest BCUT2D eigenvalue weighted by Gasteiger charge is -2.44. The molecule has 12 heteroatoms. The molecule has 0 aliphatic carbocycles. The molecule has 2 atom stereocenters. The Kier molecular flexibility index (Phi) is 7.10. The summed E-state index contributed by atoms with van der Waals surface area (Å²) in [5, 5.41) is 7.03. The fraction of sp³-hybridized carbons (Fsp3) is 0.357. The maximum absolute atomic E-state index is 12.3. The molecule has 0 bridgehead atoms. The van der Waals surface area contributed by atoms with Gasteiger partial charge in [-0.3, -0.25) is 5.14 Å². The van der Waals surface area contributed by atoms with Crippen LogP contribution in [0.25, 0.3) is 11.2 Å². The average Bonchev–Trinajstić information content (AvgIpc) is 3.23. The Hall–Kier alpha value is -2.99. The van der Waals surface area contributed by atoms with Crippen LogP contribution >= 0.6 is 23.4 Å². The van der Waals surface area contributed by atoms with Gasteiger partial charge in [0, 0.05) is 48.5 Å². The Balaban J connectivity index is 1.20. The minimum Gasteiger partial charge on any atom is -0.486 e. The van der Waals surface area contributed by atoms with E-state index >= 15 is 0 Å². The summed E-state index contributed by atoms with van der Waals surface area (Å²) in [6, 6.07) is 13.8. The van der Waals surface area contributed by atoms with Crippen LogP contribution in [0.3, 0.4) is 0 Å². The summed E-state index contributed by atoms with van der Waals surface area (Å²) < 4.78 is 18.5. The highest BCUT2D eigenvalue weighted by Gasteiger charge is 2.52. The second kappa shape index (κ2) is 10.4. The third-order valence-corrected chi connectivity index (χ3v) is 10.6. The molecular weight excluding hydrogens is 566 g/mol. The van der Waals surface area contributed by atoms with E-state index in [1.807, 2.05) is 44.2 Å². The molecule has 1 fully saturated rings. The molecule has 3 aromatic heterocycles. The second-order valence-corrected chi connectivity index (χ2v) is 14.0. The Morgan fingerprint density at radius 2 is 1.93 bits per heavy atom. The molecule has 9 nitrogen and oxygen atoms in total. The van der Waals surface area contributed by atoms with E-state index in [-0.39, 0.29) is 17.3 Å². The molecule has 4 aromatic rings.